The van der Waals surface area contributed by atoms with E-state index in [9.17, 15) is 0 Å². The molecule has 0 fully saturated rings. The second-order valence-electron chi connectivity index (χ2n) is 7.25. The van der Waals surface area contributed by atoms with E-state index < -0.39 is 5.60 Å². The summed E-state index contributed by atoms with van der Waals surface area (Å²) < 4.78 is 12.6. The van der Waals surface area contributed by atoms with Crippen molar-refractivity contribution in [1.82, 2.24) is 0 Å². The predicted octanol–water partition coefficient (Wildman–Crippen LogP) is 3.92. The first-order chi connectivity index (χ1) is 14.4. The third-order valence-electron chi connectivity index (χ3n) is 4.93. The molecule has 0 spiro atoms. The van der Waals surface area contributed by atoms with E-state index in [2.05, 4.69) is 0 Å². The summed E-state index contributed by atoms with van der Waals surface area (Å²) in [5, 5.41) is 0. The third kappa shape index (κ3) is 4.03. The van der Waals surface area contributed by atoms with Crippen LogP contribution in [0, 0.1) is 0 Å². The summed E-state index contributed by atoms with van der Waals surface area (Å²) >= 11 is 0. The standard InChI is InChI=1S/C24H24N4O2/c25-17-9-7-16(8-10-17)24(30-21-6-2-4-19(27)14-21)12-11-22(28)23(15-24)29-20-5-1-3-18(26)13-20/h1-14H,15,25-28H2. The zero-order chi connectivity index (χ0) is 21.1. The summed E-state index contributed by atoms with van der Waals surface area (Å²) in [6, 6.07) is 22.1. The Bertz CT molecular complexity index is 1120. The molecule has 1 aliphatic rings. The first-order valence-corrected chi connectivity index (χ1v) is 9.55. The maximum Gasteiger partial charge on any atom is 0.160 e. The van der Waals surface area contributed by atoms with Crippen molar-refractivity contribution >= 4 is 17.1 Å². The van der Waals surface area contributed by atoms with Crippen molar-refractivity contribution in [3.8, 4) is 11.5 Å². The Morgan fingerprint density at radius 2 is 1.33 bits per heavy atom. The topological polar surface area (TPSA) is 123 Å². The molecule has 0 amide bonds. The Balaban J connectivity index is 1.72. The van der Waals surface area contributed by atoms with E-state index in [0.717, 1.165) is 5.56 Å². The monoisotopic (exact) mass is 400 g/mol. The van der Waals surface area contributed by atoms with E-state index in [4.69, 9.17) is 32.4 Å². The summed E-state index contributed by atoms with van der Waals surface area (Å²) in [5.41, 5.74) is 26.5. The van der Waals surface area contributed by atoms with Crippen LogP contribution in [0.3, 0.4) is 0 Å². The molecule has 0 radical (unpaired) electrons. The van der Waals surface area contributed by atoms with Crippen molar-refractivity contribution in [2.75, 3.05) is 17.2 Å². The molecule has 3 aromatic rings. The highest BCUT2D eigenvalue weighted by Gasteiger charge is 2.37. The number of anilines is 3. The van der Waals surface area contributed by atoms with Gasteiger partial charge in [0.05, 0.1) is 12.1 Å². The average Bonchev–Trinajstić information content (AvgIpc) is 2.71. The number of allylic oxidation sites excluding steroid dienone is 1. The molecular formula is C24H24N4O2. The lowest BCUT2D eigenvalue weighted by Gasteiger charge is -2.35. The Morgan fingerprint density at radius 3 is 2.00 bits per heavy atom. The average molecular weight is 400 g/mol. The molecule has 8 N–H and O–H groups in total. The maximum atomic E-state index is 6.49. The number of hydrogen-bond donors (Lipinski definition) is 4. The summed E-state index contributed by atoms with van der Waals surface area (Å²) in [6.45, 7) is 0. The second-order valence-corrected chi connectivity index (χ2v) is 7.25. The lowest BCUT2D eigenvalue weighted by atomic mass is 9.85. The van der Waals surface area contributed by atoms with E-state index in [-0.39, 0.29) is 0 Å². The molecule has 0 saturated carbocycles. The molecule has 6 heteroatoms. The Labute approximate surface area is 175 Å². The van der Waals surface area contributed by atoms with E-state index in [1.54, 1.807) is 24.3 Å². The second kappa shape index (κ2) is 7.75. The van der Waals surface area contributed by atoms with Gasteiger partial charge in [0.25, 0.3) is 0 Å². The third-order valence-corrected chi connectivity index (χ3v) is 4.93. The minimum Gasteiger partial charge on any atom is -0.478 e. The van der Waals surface area contributed by atoms with Gasteiger partial charge in [-0.3, -0.25) is 0 Å². The Kier molecular flexibility index (Phi) is 4.98. The highest BCUT2D eigenvalue weighted by molar-refractivity contribution is 5.49. The van der Waals surface area contributed by atoms with Gasteiger partial charge in [-0.2, -0.15) is 0 Å². The lowest BCUT2D eigenvalue weighted by molar-refractivity contribution is 0.104. The predicted molar refractivity (Wildman–Crippen MR) is 120 cm³/mol. The summed E-state index contributed by atoms with van der Waals surface area (Å²) in [7, 11) is 0. The van der Waals surface area contributed by atoms with Gasteiger partial charge in [-0.25, -0.2) is 0 Å². The van der Waals surface area contributed by atoms with E-state index in [1.807, 2.05) is 60.7 Å². The van der Waals surface area contributed by atoms with Crippen LogP contribution < -0.4 is 32.4 Å². The number of nitrogen functional groups attached to an aromatic ring is 3. The minimum absolute atomic E-state index is 0.378. The van der Waals surface area contributed by atoms with Gasteiger partial charge in [0.15, 0.2) is 5.60 Å². The molecule has 152 valence electrons. The highest BCUT2D eigenvalue weighted by atomic mass is 16.5. The van der Waals surface area contributed by atoms with Crippen molar-refractivity contribution in [3.05, 3.63) is 102 Å². The zero-order valence-corrected chi connectivity index (χ0v) is 16.4. The molecule has 30 heavy (non-hydrogen) atoms. The highest BCUT2D eigenvalue weighted by Crippen LogP contribution is 2.40. The smallest absolute Gasteiger partial charge is 0.160 e. The van der Waals surface area contributed by atoms with Crippen LogP contribution >= 0.6 is 0 Å². The normalized spacial score (nSPS) is 18.3. The largest absolute Gasteiger partial charge is 0.478 e. The van der Waals surface area contributed by atoms with Gasteiger partial charge in [0, 0.05) is 29.2 Å². The molecule has 4 rings (SSSR count). The van der Waals surface area contributed by atoms with Crippen LogP contribution in [0.25, 0.3) is 0 Å². The number of ether oxygens (including phenoxy) is 2. The SMILES string of the molecule is NC1=C(Oc2cccc(N)c2)CC(Oc2cccc(N)c2)(c2ccc(N)cc2)C=C1. The molecular weight excluding hydrogens is 376 g/mol. The summed E-state index contributed by atoms with van der Waals surface area (Å²) in [4.78, 5) is 0. The van der Waals surface area contributed by atoms with Crippen LogP contribution in [0.2, 0.25) is 0 Å². The van der Waals surface area contributed by atoms with E-state index in [0.29, 0.717) is 46.4 Å². The fourth-order valence-corrected chi connectivity index (χ4v) is 3.41. The molecule has 3 aromatic carbocycles. The van der Waals surface area contributed by atoms with Crippen molar-refractivity contribution in [2.45, 2.75) is 12.0 Å². The van der Waals surface area contributed by atoms with Gasteiger partial charge in [-0.1, -0.05) is 24.3 Å². The van der Waals surface area contributed by atoms with E-state index >= 15 is 0 Å². The van der Waals surface area contributed by atoms with Crippen LogP contribution in [-0.4, -0.2) is 0 Å². The number of nitrogens with two attached hydrogens (primary N) is 4. The molecule has 6 nitrogen and oxygen atoms in total. The molecule has 0 aliphatic heterocycles. The minimum atomic E-state index is -0.847. The van der Waals surface area contributed by atoms with Crippen LogP contribution in [0.4, 0.5) is 17.1 Å². The first kappa shape index (κ1) is 19.3. The fourth-order valence-electron chi connectivity index (χ4n) is 3.41. The first-order valence-electron chi connectivity index (χ1n) is 9.55. The summed E-state index contributed by atoms with van der Waals surface area (Å²) in [6.07, 6.45) is 4.11. The number of rotatable bonds is 5. The van der Waals surface area contributed by atoms with Gasteiger partial charge in [-0.05, 0) is 54.1 Å². The molecule has 1 atom stereocenters. The van der Waals surface area contributed by atoms with Gasteiger partial charge < -0.3 is 32.4 Å². The maximum absolute atomic E-state index is 6.49. The molecule has 0 bridgehead atoms. The van der Waals surface area contributed by atoms with Crippen molar-refractivity contribution < 1.29 is 9.47 Å². The fraction of sp³-hybridized carbons (Fsp3) is 0.0833. The Hall–Kier alpha value is -4.06. The van der Waals surface area contributed by atoms with Crippen LogP contribution in [0.5, 0.6) is 11.5 Å². The van der Waals surface area contributed by atoms with Crippen LogP contribution in [0.1, 0.15) is 12.0 Å². The van der Waals surface area contributed by atoms with Crippen molar-refractivity contribution in [2.24, 2.45) is 5.73 Å². The molecule has 1 unspecified atom stereocenters. The molecule has 0 saturated heterocycles. The van der Waals surface area contributed by atoms with Gasteiger partial charge in [-0.15, -0.1) is 0 Å². The van der Waals surface area contributed by atoms with Crippen LogP contribution in [-0.2, 0) is 5.60 Å². The number of hydrogen-bond acceptors (Lipinski definition) is 6. The Morgan fingerprint density at radius 1 is 0.700 bits per heavy atom. The van der Waals surface area contributed by atoms with Crippen molar-refractivity contribution in [3.63, 3.8) is 0 Å². The lowest BCUT2D eigenvalue weighted by Crippen LogP contribution is -2.35. The van der Waals surface area contributed by atoms with Gasteiger partial charge >= 0.3 is 0 Å². The molecule has 1 aliphatic carbocycles. The number of benzene rings is 3. The van der Waals surface area contributed by atoms with Crippen LogP contribution in [0.15, 0.2) is 96.4 Å². The van der Waals surface area contributed by atoms with E-state index in [1.165, 1.54) is 0 Å². The summed E-state index contributed by atoms with van der Waals surface area (Å²) in [5.74, 6) is 1.84. The van der Waals surface area contributed by atoms with Crippen molar-refractivity contribution in [1.29, 1.82) is 0 Å². The zero-order valence-electron chi connectivity index (χ0n) is 16.4. The quantitative estimate of drug-likeness (QED) is 0.482. The molecule has 0 aromatic heterocycles. The van der Waals surface area contributed by atoms with Gasteiger partial charge in [0.2, 0.25) is 0 Å². The van der Waals surface area contributed by atoms with Gasteiger partial charge in [0.1, 0.15) is 17.3 Å². The molecule has 0 heterocycles.